The number of nitrogens with zero attached hydrogens (tertiary/aromatic N) is 2. The summed E-state index contributed by atoms with van der Waals surface area (Å²) in [4.78, 5) is 12.0. The standard InChI is InChI=1S/C17H14F3N3O3S/c1-27(25,26)23(12-4-2-3-11(9-12)10-21)8-7-15(24)22-14-6-5-13(18)16(19)17(14)20/h2-6,9H,7-8H2,1H3,(H,22,24). The average Bonchev–Trinajstić information content (AvgIpc) is 2.61. The molecule has 1 N–H and O–H groups in total. The van der Waals surface area contributed by atoms with Gasteiger partial charge in [0.15, 0.2) is 17.5 Å². The lowest BCUT2D eigenvalue weighted by Gasteiger charge is -2.22. The fourth-order valence-corrected chi connectivity index (χ4v) is 3.17. The normalized spacial score (nSPS) is 10.9. The van der Waals surface area contributed by atoms with Crippen LogP contribution in [0.25, 0.3) is 0 Å². The van der Waals surface area contributed by atoms with Crippen molar-refractivity contribution >= 4 is 27.3 Å². The van der Waals surface area contributed by atoms with Gasteiger partial charge in [0.2, 0.25) is 15.9 Å². The van der Waals surface area contributed by atoms with Crippen LogP contribution in [0.15, 0.2) is 36.4 Å². The number of amides is 1. The molecule has 0 radical (unpaired) electrons. The molecule has 10 heteroatoms. The maximum absolute atomic E-state index is 13.6. The zero-order valence-corrected chi connectivity index (χ0v) is 14.9. The summed E-state index contributed by atoms with van der Waals surface area (Å²) in [6.45, 7) is -0.301. The van der Waals surface area contributed by atoms with Crippen LogP contribution in [0.3, 0.4) is 0 Å². The highest BCUT2D eigenvalue weighted by Crippen LogP contribution is 2.21. The minimum atomic E-state index is -3.77. The highest BCUT2D eigenvalue weighted by atomic mass is 32.2. The Morgan fingerprint density at radius 2 is 1.89 bits per heavy atom. The Kier molecular flexibility index (Phi) is 6.07. The van der Waals surface area contributed by atoms with E-state index in [1.807, 2.05) is 6.07 Å². The number of hydrogen-bond donors (Lipinski definition) is 1. The third-order valence-electron chi connectivity index (χ3n) is 3.51. The van der Waals surface area contributed by atoms with Crippen LogP contribution in [0.4, 0.5) is 24.5 Å². The lowest BCUT2D eigenvalue weighted by molar-refractivity contribution is -0.116. The van der Waals surface area contributed by atoms with Crippen molar-refractivity contribution in [2.75, 3.05) is 22.4 Å². The number of hydrogen-bond acceptors (Lipinski definition) is 4. The number of carbonyl (C=O) groups excluding carboxylic acids is 1. The number of carbonyl (C=O) groups is 1. The summed E-state index contributed by atoms with van der Waals surface area (Å²) in [5.41, 5.74) is -0.144. The van der Waals surface area contributed by atoms with E-state index < -0.39 is 39.1 Å². The van der Waals surface area contributed by atoms with Crippen molar-refractivity contribution in [1.29, 1.82) is 5.26 Å². The Labute approximate surface area is 153 Å². The molecule has 142 valence electrons. The smallest absolute Gasteiger partial charge is 0.232 e. The Bertz CT molecular complexity index is 1020. The molecule has 0 saturated carbocycles. The molecule has 0 unspecified atom stereocenters. The topological polar surface area (TPSA) is 90.3 Å². The number of sulfonamides is 1. The van der Waals surface area contributed by atoms with Gasteiger partial charge in [0, 0.05) is 13.0 Å². The lowest BCUT2D eigenvalue weighted by atomic mass is 10.2. The molecular formula is C17H14F3N3O3S. The third-order valence-corrected chi connectivity index (χ3v) is 4.71. The first kappa shape index (κ1) is 20.3. The molecule has 1 amide bonds. The predicted octanol–water partition coefficient (Wildman–Crippen LogP) is 2.77. The van der Waals surface area contributed by atoms with E-state index in [0.717, 1.165) is 16.6 Å². The van der Waals surface area contributed by atoms with Crippen LogP contribution < -0.4 is 9.62 Å². The number of halogens is 3. The van der Waals surface area contributed by atoms with Gasteiger partial charge in [-0.15, -0.1) is 0 Å². The first-order valence-corrected chi connectivity index (χ1v) is 9.39. The largest absolute Gasteiger partial charge is 0.323 e. The lowest BCUT2D eigenvalue weighted by Crippen LogP contribution is -2.33. The Morgan fingerprint density at radius 3 is 2.52 bits per heavy atom. The second-order valence-electron chi connectivity index (χ2n) is 5.52. The maximum Gasteiger partial charge on any atom is 0.232 e. The number of nitriles is 1. The highest BCUT2D eigenvalue weighted by Gasteiger charge is 2.20. The molecule has 0 aliphatic rings. The Hall–Kier alpha value is -3.06. The molecule has 27 heavy (non-hydrogen) atoms. The molecule has 0 fully saturated rings. The summed E-state index contributed by atoms with van der Waals surface area (Å²) in [5.74, 6) is -5.47. The summed E-state index contributed by atoms with van der Waals surface area (Å²) >= 11 is 0. The summed E-state index contributed by atoms with van der Waals surface area (Å²) in [5, 5.41) is 11.0. The van der Waals surface area contributed by atoms with Crippen LogP contribution >= 0.6 is 0 Å². The molecule has 0 aliphatic carbocycles. The first-order valence-electron chi connectivity index (χ1n) is 7.54. The van der Waals surface area contributed by atoms with E-state index in [2.05, 4.69) is 5.32 Å². The summed E-state index contributed by atoms with van der Waals surface area (Å²) in [6.07, 6.45) is 0.543. The average molecular weight is 397 g/mol. The van der Waals surface area contributed by atoms with Crippen LogP contribution in [0.5, 0.6) is 0 Å². The van der Waals surface area contributed by atoms with Gasteiger partial charge >= 0.3 is 0 Å². The molecule has 0 saturated heterocycles. The van der Waals surface area contributed by atoms with Gasteiger partial charge in [-0.25, -0.2) is 21.6 Å². The van der Waals surface area contributed by atoms with Gasteiger partial charge in [-0.05, 0) is 30.3 Å². The molecule has 0 heterocycles. The zero-order valence-electron chi connectivity index (χ0n) is 14.0. The second-order valence-corrected chi connectivity index (χ2v) is 7.43. The van der Waals surface area contributed by atoms with Crippen molar-refractivity contribution in [3.63, 3.8) is 0 Å². The molecule has 2 aromatic rings. The van der Waals surface area contributed by atoms with Crippen molar-refractivity contribution in [3.8, 4) is 6.07 Å². The van der Waals surface area contributed by atoms with E-state index in [9.17, 15) is 26.4 Å². The summed E-state index contributed by atoms with van der Waals surface area (Å²) < 4.78 is 64.6. The number of anilines is 2. The van der Waals surface area contributed by atoms with E-state index >= 15 is 0 Å². The van der Waals surface area contributed by atoms with Gasteiger partial charge in [0.25, 0.3) is 0 Å². The van der Waals surface area contributed by atoms with Crippen LogP contribution in [-0.4, -0.2) is 27.1 Å². The molecule has 2 rings (SSSR count). The van der Waals surface area contributed by atoms with Gasteiger partial charge in [-0.3, -0.25) is 9.10 Å². The number of benzene rings is 2. The minimum Gasteiger partial charge on any atom is -0.323 e. The van der Waals surface area contributed by atoms with Gasteiger partial charge in [0.1, 0.15) is 0 Å². The van der Waals surface area contributed by atoms with Gasteiger partial charge in [-0.1, -0.05) is 6.07 Å². The third kappa shape index (κ3) is 4.98. The molecule has 6 nitrogen and oxygen atoms in total. The van der Waals surface area contributed by atoms with Crippen LogP contribution in [0, 0.1) is 28.8 Å². The molecule has 0 aromatic heterocycles. The SMILES string of the molecule is CS(=O)(=O)N(CCC(=O)Nc1ccc(F)c(F)c1F)c1cccc(C#N)c1. The van der Waals surface area contributed by atoms with Gasteiger partial charge in [-0.2, -0.15) is 5.26 Å². The van der Waals surface area contributed by atoms with Crippen LogP contribution in [-0.2, 0) is 14.8 Å². The van der Waals surface area contributed by atoms with E-state index in [4.69, 9.17) is 5.26 Å². The van der Waals surface area contributed by atoms with Crippen molar-refractivity contribution < 1.29 is 26.4 Å². The molecule has 0 spiro atoms. The van der Waals surface area contributed by atoms with Crippen molar-refractivity contribution in [1.82, 2.24) is 0 Å². The van der Waals surface area contributed by atoms with Gasteiger partial charge in [0.05, 0.1) is 29.3 Å². The van der Waals surface area contributed by atoms with E-state index in [1.165, 1.54) is 24.3 Å². The summed E-state index contributed by atoms with van der Waals surface area (Å²) in [6, 6.07) is 9.17. The van der Waals surface area contributed by atoms with Crippen molar-refractivity contribution in [2.24, 2.45) is 0 Å². The summed E-state index contributed by atoms with van der Waals surface area (Å²) in [7, 11) is -3.77. The molecule has 2 aromatic carbocycles. The highest BCUT2D eigenvalue weighted by molar-refractivity contribution is 7.92. The maximum atomic E-state index is 13.6. The van der Waals surface area contributed by atoms with Gasteiger partial charge < -0.3 is 5.32 Å². The van der Waals surface area contributed by atoms with Crippen LogP contribution in [0.1, 0.15) is 12.0 Å². The Balaban J connectivity index is 2.15. The molecule has 0 atom stereocenters. The fourth-order valence-electron chi connectivity index (χ4n) is 2.26. The molecule has 0 aliphatic heterocycles. The quantitative estimate of drug-likeness (QED) is 0.759. The molecule has 0 bridgehead atoms. The number of nitrogens with one attached hydrogen (secondary N) is 1. The van der Waals surface area contributed by atoms with Crippen LogP contribution in [0.2, 0.25) is 0 Å². The van der Waals surface area contributed by atoms with Crippen molar-refractivity contribution in [3.05, 3.63) is 59.4 Å². The molecular weight excluding hydrogens is 383 g/mol. The fraction of sp³-hybridized carbons (Fsp3) is 0.176. The number of rotatable bonds is 6. The van der Waals surface area contributed by atoms with E-state index in [0.29, 0.717) is 6.07 Å². The minimum absolute atomic E-state index is 0.184. The predicted molar refractivity (Wildman–Crippen MR) is 92.9 cm³/mol. The first-order chi connectivity index (χ1) is 12.6. The zero-order chi connectivity index (χ0) is 20.2. The Morgan fingerprint density at radius 1 is 1.19 bits per heavy atom. The van der Waals surface area contributed by atoms with E-state index in [-0.39, 0.29) is 24.2 Å². The second kappa shape index (κ2) is 8.09. The van der Waals surface area contributed by atoms with Crippen molar-refractivity contribution in [2.45, 2.75) is 6.42 Å². The monoisotopic (exact) mass is 397 g/mol. The van der Waals surface area contributed by atoms with E-state index in [1.54, 1.807) is 0 Å².